The minimum atomic E-state index is -0.243. The van der Waals surface area contributed by atoms with Crippen LogP contribution in [0.4, 0.5) is 10.1 Å². The molecule has 0 saturated heterocycles. The summed E-state index contributed by atoms with van der Waals surface area (Å²) >= 11 is 0. The Bertz CT molecular complexity index is 790. The number of nitrogens with zero attached hydrogens (tertiary/aromatic N) is 2. The van der Waals surface area contributed by atoms with E-state index in [1.54, 1.807) is 6.07 Å². The molecular weight excluding hydrogens is 253 g/mol. The number of fused-ring (bicyclic) bond motifs is 1. The number of benzene rings is 2. The monoisotopic (exact) mass is 269 g/mol. The average molecular weight is 269 g/mol. The van der Waals surface area contributed by atoms with Crippen molar-refractivity contribution >= 4 is 16.7 Å². The number of nitrogens with two attached hydrogens (primary N) is 1. The van der Waals surface area contributed by atoms with Gasteiger partial charge in [-0.25, -0.2) is 9.37 Å². The molecular formula is C16H16FN3. The van der Waals surface area contributed by atoms with Crippen LogP contribution in [0.25, 0.3) is 22.4 Å². The predicted molar refractivity (Wildman–Crippen MR) is 80.0 cm³/mol. The van der Waals surface area contributed by atoms with E-state index in [-0.39, 0.29) is 5.82 Å². The molecule has 3 rings (SSSR count). The molecule has 4 heteroatoms. The van der Waals surface area contributed by atoms with Crippen LogP contribution < -0.4 is 5.73 Å². The molecule has 0 saturated carbocycles. The van der Waals surface area contributed by atoms with Crippen LogP contribution in [-0.2, 0) is 6.54 Å². The smallest absolute Gasteiger partial charge is 0.141 e. The summed E-state index contributed by atoms with van der Waals surface area (Å²) in [7, 11) is 0. The van der Waals surface area contributed by atoms with E-state index in [0.29, 0.717) is 0 Å². The van der Waals surface area contributed by atoms with E-state index in [4.69, 9.17) is 5.73 Å². The van der Waals surface area contributed by atoms with Crippen LogP contribution in [0.5, 0.6) is 0 Å². The Morgan fingerprint density at radius 1 is 1.20 bits per heavy atom. The molecule has 0 radical (unpaired) electrons. The second-order valence-electron chi connectivity index (χ2n) is 4.88. The van der Waals surface area contributed by atoms with E-state index >= 15 is 0 Å². The van der Waals surface area contributed by atoms with Gasteiger partial charge in [0.15, 0.2) is 0 Å². The number of hydrogen-bond acceptors (Lipinski definition) is 2. The number of nitrogen functional groups attached to an aromatic ring is 1. The molecule has 1 heterocycles. The van der Waals surface area contributed by atoms with Crippen LogP contribution in [-0.4, -0.2) is 9.55 Å². The van der Waals surface area contributed by atoms with E-state index in [1.807, 2.05) is 36.6 Å². The average Bonchev–Trinajstić information content (AvgIpc) is 2.79. The molecule has 2 N–H and O–H groups in total. The molecule has 3 nitrogen and oxygen atoms in total. The maximum atomic E-state index is 13.4. The highest BCUT2D eigenvalue weighted by Gasteiger charge is 2.12. The molecule has 0 amide bonds. The molecule has 0 fully saturated rings. The second-order valence-corrected chi connectivity index (χ2v) is 4.88. The highest BCUT2D eigenvalue weighted by Crippen LogP contribution is 2.27. The first-order chi connectivity index (χ1) is 9.60. The van der Waals surface area contributed by atoms with Crippen molar-refractivity contribution in [1.29, 1.82) is 0 Å². The van der Waals surface area contributed by atoms with Crippen molar-refractivity contribution in [3.8, 4) is 11.4 Å². The zero-order valence-corrected chi connectivity index (χ0v) is 11.5. The van der Waals surface area contributed by atoms with Crippen LogP contribution >= 0.6 is 0 Å². The van der Waals surface area contributed by atoms with Crippen molar-refractivity contribution in [1.82, 2.24) is 9.55 Å². The van der Waals surface area contributed by atoms with Gasteiger partial charge < -0.3 is 10.3 Å². The maximum Gasteiger partial charge on any atom is 0.141 e. The van der Waals surface area contributed by atoms with Gasteiger partial charge in [-0.05, 0) is 55.8 Å². The van der Waals surface area contributed by atoms with Crippen LogP contribution in [0.2, 0.25) is 0 Å². The number of imidazole rings is 1. The lowest BCUT2D eigenvalue weighted by molar-refractivity contribution is 0.628. The molecule has 0 spiro atoms. The predicted octanol–water partition coefficient (Wildman–Crippen LogP) is 3.75. The Labute approximate surface area is 116 Å². The van der Waals surface area contributed by atoms with Gasteiger partial charge in [-0.2, -0.15) is 0 Å². The summed E-state index contributed by atoms with van der Waals surface area (Å²) in [5.41, 5.74) is 10.3. The Kier molecular flexibility index (Phi) is 2.93. The van der Waals surface area contributed by atoms with Crippen LogP contribution in [0.3, 0.4) is 0 Å². The molecule has 0 unspecified atom stereocenters. The van der Waals surface area contributed by atoms with Gasteiger partial charge in [-0.15, -0.1) is 0 Å². The van der Waals surface area contributed by atoms with Crippen molar-refractivity contribution in [2.45, 2.75) is 20.4 Å². The van der Waals surface area contributed by atoms with Crippen molar-refractivity contribution in [3.05, 3.63) is 47.8 Å². The van der Waals surface area contributed by atoms with Crippen LogP contribution in [0.1, 0.15) is 12.5 Å². The maximum absolute atomic E-state index is 13.4. The molecule has 1 aromatic heterocycles. The topological polar surface area (TPSA) is 43.8 Å². The standard InChI is InChI=1S/C16H16FN3/c1-3-20-15-9-12(17)5-7-14(15)19-16(20)11-4-6-13(18)10(2)8-11/h4-9H,3,18H2,1-2H3. The number of rotatable bonds is 2. The summed E-state index contributed by atoms with van der Waals surface area (Å²) in [5.74, 6) is 0.600. The summed E-state index contributed by atoms with van der Waals surface area (Å²) in [4.78, 5) is 4.62. The molecule has 20 heavy (non-hydrogen) atoms. The number of halogens is 1. The highest BCUT2D eigenvalue weighted by atomic mass is 19.1. The lowest BCUT2D eigenvalue weighted by Crippen LogP contribution is -1.98. The second kappa shape index (κ2) is 4.63. The van der Waals surface area contributed by atoms with Gasteiger partial charge in [0.05, 0.1) is 11.0 Å². The Hall–Kier alpha value is -2.36. The first kappa shape index (κ1) is 12.7. The van der Waals surface area contributed by atoms with Crippen LogP contribution in [0, 0.1) is 12.7 Å². The van der Waals surface area contributed by atoms with Gasteiger partial charge in [-0.3, -0.25) is 0 Å². The molecule has 3 aromatic rings. The minimum absolute atomic E-state index is 0.243. The van der Waals surface area contributed by atoms with E-state index in [0.717, 1.165) is 40.2 Å². The molecule has 0 bridgehead atoms. The fourth-order valence-corrected chi connectivity index (χ4v) is 2.45. The van der Waals surface area contributed by atoms with Crippen LogP contribution in [0.15, 0.2) is 36.4 Å². The SMILES string of the molecule is CCn1c(-c2ccc(N)c(C)c2)nc2ccc(F)cc21. The van der Waals surface area contributed by atoms with E-state index in [1.165, 1.54) is 12.1 Å². The summed E-state index contributed by atoms with van der Waals surface area (Å²) in [6, 6.07) is 10.5. The Morgan fingerprint density at radius 3 is 2.70 bits per heavy atom. The van der Waals surface area contributed by atoms with E-state index in [9.17, 15) is 4.39 Å². The third-order valence-corrected chi connectivity index (χ3v) is 3.55. The largest absolute Gasteiger partial charge is 0.399 e. The molecule has 2 aromatic carbocycles. The van der Waals surface area contributed by atoms with Gasteiger partial charge in [0, 0.05) is 17.8 Å². The first-order valence-corrected chi connectivity index (χ1v) is 6.62. The zero-order chi connectivity index (χ0) is 14.3. The van der Waals surface area contributed by atoms with Crippen molar-refractivity contribution in [2.75, 3.05) is 5.73 Å². The lowest BCUT2D eigenvalue weighted by Gasteiger charge is -2.08. The molecule has 0 aliphatic heterocycles. The third kappa shape index (κ3) is 1.93. The first-order valence-electron chi connectivity index (χ1n) is 6.62. The number of hydrogen-bond donors (Lipinski definition) is 1. The normalized spacial score (nSPS) is 11.2. The Balaban J connectivity index is 2.27. The summed E-state index contributed by atoms with van der Waals surface area (Å²) in [5, 5.41) is 0. The van der Waals surface area contributed by atoms with Crippen molar-refractivity contribution in [2.24, 2.45) is 0 Å². The van der Waals surface area contributed by atoms with E-state index in [2.05, 4.69) is 4.98 Å². The molecule has 0 atom stereocenters. The van der Waals surface area contributed by atoms with Crippen molar-refractivity contribution < 1.29 is 4.39 Å². The van der Waals surface area contributed by atoms with E-state index < -0.39 is 0 Å². The molecule has 0 aliphatic rings. The van der Waals surface area contributed by atoms with Crippen molar-refractivity contribution in [3.63, 3.8) is 0 Å². The minimum Gasteiger partial charge on any atom is -0.399 e. The lowest BCUT2D eigenvalue weighted by atomic mass is 10.1. The summed E-state index contributed by atoms with van der Waals surface area (Å²) in [6.07, 6.45) is 0. The summed E-state index contributed by atoms with van der Waals surface area (Å²) in [6.45, 7) is 4.73. The highest BCUT2D eigenvalue weighted by molar-refractivity contribution is 5.81. The van der Waals surface area contributed by atoms with Gasteiger partial charge in [-0.1, -0.05) is 0 Å². The van der Waals surface area contributed by atoms with Gasteiger partial charge in [0.2, 0.25) is 0 Å². The fraction of sp³-hybridized carbons (Fsp3) is 0.188. The fourth-order valence-electron chi connectivity index (χ4n) is 2.45. The van der Waals surface area contributed by atoms with Gasteiger partial charge in [0.1, 0.15) is 11.6 Å². The Morgan fingerprint density at radius 2 is 2.00 bits per heavy atom. The quantitative estimate of drug-likeness (QED) is 0.720. The number of aromatic nitrogens is 2. The molecule has 102 valence electrons. The number of aryl methyl sites for hydroxylation is 2. The third-order valence-electron chi connectivity index (χ3n) is 3.55. The zero-order valence-electron chi connectivity index (χ0n) is 11.5. The van der Waals surface area contributed by atoms with Gasteiger partial charge >= 0.3 is 0 Å². The summed E-state index contributed by atoms with van der Waals surface area (Å²) < 4.78 is 15.4. The van der Waals surface area contributed by atoms with Gasteiger partial charge in [0.25, 0.3) is 0 Å². The molecule has 0 aliphatic carbocycles. The number of anilines is 1.